The van der Waals surface area contributed by atoms with E-state index in [1.165, 1.54) is 0 Å². The standard InChI is InChI=1S/C23H23NO3/c1-3-18-11-7-9-15-21(18)26-17(2)23(25)24-20-14-8-10-16-22(20)27-19-12-5-4-6-13-19/h4-17H,3H2,1-2H3,(H,24,25)/t17-/m0/s1. The van der Waals surface area contributed by atoms with Crippen molar-refractivity contribution < 1.29 is 14.3 Å². The van der Waals surface area contributed by atoms with E-state index in [2.05, 4.69) is 12.2 Å². The second kappa shape index (κ2) is 8.90. The first-order valence-corrected chi connectivity index (χ1v) is 9.04. The number of benzene rings is 3. The minimum Gasteiger partial charge on any atom is -0.481 e. The van der Waals surface area contributed by atoms with Crippen molar-refractivity contribution in [3.63, 3.8) is 0 Å². The van der Waals surface area contributed by atoms with Crippen molar-refractivity contribution in [2.75, 3.05) is 5.32 Å². The van der Waals surface area contributed by atoms with Crippen molar-refractivity contribution in [3.05, 3.63) is 84.4 Å². The summed E-state index contributed by atoms with van der Waals surface area (Å²) in [5, 5.41) is 2.90. The molecule has 0 aromatic heterocycles. The quantitative estimate of drug-likeness (QED) is 0.609. The molecule has 3 aromatic rings. The Balaban J connectivity index is 1.70. The van der Waals surface area contributed by atoms with Crippen LogP contribution in [-0.4, -0.2) is 12.0 Å². The Morgan fingerprint density at radius 1 is 0.889 bits per heavy atom. The molecule has 0 spiro atoms. The smallest absolute Gasteiger partial charge is 0.265 e. The van der Waals surface area contributed by atoms with E-state index in [0.29, 0.717) is 17.2 Å². The van der Waals surface area contributed by atoms with E-state index >= 15 is 0 Å². The van der Waals surface area contributed by atoms with Gasteiger partial charge in [0, 0.05) is 0 Å². The fraction of sp³-hybridized carbons (Fsp3) is 0.174. The van der Waals surface area contributed by atoms with E-state index in [1.54, 1.807) is 6.92 Å². The van der Waals surface area contributed by atoms with Crippen LogP contribution < -0.4 is 14.8 Å². The van der Waals surface area contributed by atoms with Gasteiger partial charge < -0.3 is 14.8 Å². The van der Waals surface area contributed by atoms with Crippen LogP contribution in [0.15, 0.2) is 78.9 Å². The van der Waals surface area contributed by atoms with Crippen molar-refractivity contribution in [1.29, 1.82) is 0 Å². The molecule has 4 nitrogen and oxygen atoms in total. The zero-order valence-electron chi connectivity index (χ0n) is 15.5. The molecule has 0 unspecified atom stereocenters. The molecule has 0 saturated carbocycles. The highest BCUT2D eigenvalue weighted by Gasteiger charge is 2.18. The number of hydrogen-bond acceptors (Lipinski definition) is 3. The Morgan fingerprint density at radius 3 is 2.26 bits per heavy atom. The number of carbonyl (C=O) groups excluding carboxylic acids is 1. The van der Waals surface area contributed by atoms with E-state index in [4.69, 9.17) is 9.47 Å². The molecule has 0 aliphatic carbocycles. The van der Waals surface area contributed by atoms with Gasteiger partial charge in [-0.05, 0) is 49.2 Å². The first-order chi connectivity index (χ1) is 13.2. The minimum atomic E-state index is -0.637. The van der Waals surface area contributed by atoms with Crippen LogP contribution in [0.3, 0.4) is 0 Å². The van der Waals surface area contributed by atoms with Crippen molar-refractivity contribution >= 4 is 11.6 Å². The lowest BCUT2D eigenvalue weighted by Gasteiger charge is -2.18. The largest absolute Gasteiger partial charge is 0.481 e. The highest BCUT2D eigenvalue weighted by Crippen LogP contribution is 2.29. The highest BCUT2D eigenvalue weighted by molar-refractivity contribution is 5.95. The highest BCUT2D eigenvalue weighted by atomic mass is 16.5. The van der Waals surface area contributed by atoms with Gasteiger partial charge in [0.25, 0.3) is 5.91 Å². The Hall–Kier alpha value is -3.27. The van der Waals surface area contributed by atoms with Crippen molar-refractivity contribution in [1.82, 2.24) is 0 Å². The van der Waals surface area contributed by atoms with Crippen LogP contribution in [0, 0.1) is 0 Å². The molecule has 1 atom stereocenters. The van der Waals surface area contributed by atoms with E-state index in [0.717, 1.165) is 17.7 Å². The third-order valence-corrected chi connectivity index (χ3v) is 4.14. The summed E-state index contributed by atoms with van der Waals surface area (Å²) in [6.45, 7) is 3.80. The molecule has 1 amide bonds. The van der Waals surface area contributed by atoms with Crippen LogP contribution in [0.1, 0.15) is 19.4 Å². The number of carbonyl (C=O) groups is 1. The van der Waals surface area contributed by atoms with Crippen LogP contribution >= 0.6 is 0 Å². The third kappa shape index (κ3) is 4.88. The molecule has 27 heavy (non-hydrogen) atoms. The molecule has 1 N–H and O–H groups in total. The monoisotopic (exact) mass is 361 g/mol. The maximum absolute atomic E-state index is 12.6. The first-order valence-electron chi connectivity index (χ1n) is 9.04. The van der Waals surface area contributed by atoms with Crippen LogP contribution in [0.25, 0.3) is 0 Å². The van der Waals surface area contributed by atoms with Gasteiger partial charge in [-0.2, -0.15) is 0 Å². The van der Waals surface area contributed by atoms with Gasteiger partial charge in [0.05, 0.1) is 5.69 Å². The Kier molecular flexibility index (Phi) is 6.10. The molecule has 0 radical (unpaired) electrons. The number of para-hydroxylation sites is 4. The zero-order chi connectivity index (χ0) is 19.1. The Bertz CT molecular complexity index is 893. The lowest BCUT2D eigenvalue weighted by molar-refractivity contribution is -0.122. The van der Waals surface area contributed by atoms with E-state index in [-0.39, 0.29) is 5.91 Å². The van der Waals surface area contributed by atoms with Crippen molar-refractivity contribution in [2.45, 2.75) is 26.4 Å². The number of amides is 1. The van der Waals surface area contributed by atoms with E-state index in [1.807, 2.05) is 78.9 Å². The fourth-order valence-corrected chi connectivity index (χ4v) is 2.66. The summed E-state index contributed by atoms with van der Waals surface area (Å²) in [5.74, 6) is 1.79. The molecule has 0 fully saturated rings. The lowest BCUT2D eigenvalue weighted by atomic mass is 10.1. The summed E-state index contributed by atoms with van der Waals surface area (Å²) in [6, 6.07) is 24.6. The summed E-state index contributed by atoms with van der Waals surface area (Å²) in [5.41, 5.74) is 1.68. The predicted molar refractivity (Wildman–Crippen MR) is 107 cm³/mol. The van der Waals surface area contributed by atoms with Gasteiger partial charge in [0.15, 0.2) is 11.9 Å². The van der Waals surface area contributed by atoms with Crippen LogP contribution in [-0.2, 0) is 11.2 Å². The van der Waals surface area contributed by atoms with Gasteiger partial charge in [-0.25, -0.2) is 0 Å². The number of rotatable bonds is 7. The molecular formula is C23H23NO3. The average molecular weight is 361 g/mol. The number of ether oxygens (including phenoxy) is 2. The molecule has 3 aromatic carbocycles. The molecule has 0 bridgehead atoms. The third-order valence-electron chi connectivity index (χ3n) is 4.14. The predicted octanol–water partition coefficient (Wildman–Crippen LogP) is 5.45. The molecule has 4 heteroatoms. The second-order valence-electron chi connectivity index (χ2n) is 6.12. The van der Waals surface area contributed by atoms with E-state index in [9.17, 15) is 4.79 Å². The summed E-state index contributed by atoms with van der Waals surface area (Å²) in [7, 11) is 0. The maximum atomic E-state index is 12.6. The minimum absolute atomic E-state index is 0.231. The second-order valence-corrected chi connectivity index (χ2v) is 6.12. The van der Waals surface area contributed by atoms with E-state index < -0.39 is 6.10 Å². The Morgan fingerprint density at radius 2 is 1.52 bits per heavy atom. The van der Waals surface area contributed by atoms with Gasteiger partial charge in [-0.15, -0.1) is 0 Å². The van der Waals surface area contributed by atoms with Crippen LogP contribution in [0.4, 0.5) is 5.69 Å². The molecule has 0 heterocycles. The van der Waals surface area contributed by atoms with Gasteiger partial charge in [-0.3, -0.25) is 4.79 Å². The summed E-state index contributed by atoms with van der Waals surface area (Å²) < 4.78 is 11.8. The molecule has 138 valence electrons. The average Bonchev–Trinajstić information content (AvgIpc) is 2.70. The molecule has 0 aliphatic heterocycles. The fourth-order valence-electron chi connectivity index (χ4n) is 2.66. The number of aryl methyl sites for hydroxylation is 1. The topological polar surface area (TPSA) is 47.6 Å². The summed E-state index contributed by atoms with van der Waals surface area (Å²) in [6.07, 6.45) is 0.209. The Labute approximate surface area is 159 Å². The van der Waals surface area contributed by atoms with Gasteiger partial charge in [0.1, 0.15) is 11.5 Å². The van der Waals surface area contributed by atoms with Crippen LogP contribution in [0.5, 0.6) is 17.2 Å². The van der Waals surface area contributed by atoms with Gasteiger partial charge >= 0.3 is 0 Å². The maximum Gasteiger partial charge on any atom is 0.265 e. The number of anilines is 1. The van der Waals surface area contributed by atoms with Gasteiger partial charge in [-0.1, -0.05) is 55.5 Å². The van der Waals surface area contributed by atoms with Crippen LogP contribution in [0.2, 0.25) is 0 Å². The SMILES string of the molecule is CCc1ccccc1O[C@@H](C)C(=O)Nc1ccccc1Oc1ccccc1. The molecular weight excluding hydrogens is 338 g/mol. The number of hydrogen-bond donors (Lipinski definition) is 1. The molecule has 0 saturated heterocycles. The van der Waals surface area contributed by atoms with Crippen molar-refractivity contribution in [2.24, 2.45) is 0 Å². The molecule has 0 aliphatic rings. The zero-order valence-corrected chi connectivity index (χ0v) is 15.5. The summed E-state index contributed by atoms with van der Waals surface area (Å²) in [4.78, 5) is 12.6. The normalized spacial score (nSPS) is 11.5. The molecule has 3 rings (SSSR count). The lowest BCUT2D eigenvalue weighted by Crippen LogP contribution is -2.30. The summed E-state index contributed by atoms with van der Waals surface area (Å²) >= 11 is 0. The first kappa shape index (κ1) is 18.5. The number of nitrogens with one attached hydrogen (secondary N) is 1. The van der Waals surface area contributed by atoms with Gasteiger partial charge in [0.2, 0.25) is 0 Å². The van der Waals surface area contributed by atoms with Crippen molar-refractivity contribution in [3.8, 4) is 17.2 Å².